The number of anilines is 3. The van der Waals surface area contributed by atoms with Gasteiger partial charge in [0.2, 0.25) is 0 Å². The van der Waals surface area contributed by atoms with Gasteiger partial charge in [-0.25, -0.2) is 0 Å². The summed E-state index contributed by atoms with van der Waals surface area (Å²) in [5, 5.41) is 0. The van der Waals surface area contributed by atoms with Crippen molar-refractivity contribution >= 4 is 92.2 Å². The predicted octanol–water partition coefficient (Wildman–Crippen LogP) is 6.53. The minimum absolute atomic E-state index is 0. The Kier molecular flexibility index (Phi) is 7.31. The van der Waals surface area contributed by atoms with Gasteiger partial charge in [-0.05, 0) is 72.8 Å². The molecule has 5 heteroatoms. The van der Waals surface area contributed by atoms with Crippen LogP contribution in [0.25, 0.3) is 0 Å². The van der Waals surface area contributed by atoms with Gasteiger partial charge in [0.1, 0.15) is 0 Å². The van der Waals surface area contributed by atoms with E-state index in [1.165, 1.54) is 0 Å². The average Bonchev–Trinajstić information content (AvgIpc) is 2.53. The quantitative estimate of drug-likeness (QED) is 0.283. The summed E-state index contributed by atoms with van der Waals surface area (Å²) in [6.45, 7) is 0. The molecule has 0 spiro atoms. The Morgan fingerprint density at radius 3 is 0.870 bits per heavy atom. The van der Waals surface area contributed by atoms with E-state index in [9.17, 15) is 0 Å². The van der Waals surface area contributed by atoms with Gasteiger partial charge in [-0.2, -0.15) is 0 Å². The molecule has 0 amide bonds. The van der Waals surface area contributed by atoms with Gasteiger partial charge < -0.3 is 4.90 Å². The van der Waals surface area contributed by atoms with Crippen molar-refractivity contribution in [1.29, 1.82) is 0 Å². The maximum atomic E-state index is 3.50. The average molecular weight is 691 g/mol. The van der Waals surface area contributed by atoms with Crippen molar-refractivity contribution in [3.05, 3.63) is 86.2 Å². The monoisotopic (exact) mass is 689 g/mol. The Balaban J connectivity index is 0.00000192. The summed E-state index contributed by atoms with van der Waals surface area (Å²) < 4.78 is 3.22. The van der Waals surface area contributed by atoms with Crippen molar-refractivity contribution in [3.63, 3.8) is 0 Å². The first-order chi connectivity index (χ1) is 10.6. The predicted molar refractivity (Wildman–Crippen MR) is 113 cm³/mol. The van der Waals surface area contributed by atoms with Crippen LogP contribution in [-0.4, -0.2) is 27.3 Å². The van der Waals surface area contributed by atoms with Crippen LogP contribution in [0.4, 0.5) is 17.1 Å². The maximum absolute atomic E-state index is 3.50. The van der Waals surface area contributed by atoms with Crippen LogP contribution in [0.5, 0.6) is 0 Å². The molecule has 3 aromatic carbocycles. The fourth-order valence-corrected chi connectivity index (χ4v) is 3.01. The SMILES string of the molecule is Brc1ccc(N(c2ccc(Br)cc2)c2ccc(Br)cc2)cc1.[PbH2]. The number of halogens is 3. The molecule has 0 unspecified atom stereocenters. The molecule has 0 atom stereocenters. The van der Waals surface area contributed by atoms with E-state index in [-0.39, 0.29) is 27.3 Å². The molecule has 0 saturated carbocycles. The van der Waals surface area contributed by atoms with E-state index in [0.717, 1.165) is 30.5 Å². The van der Waals surface area contributed by atoms with Gasteiger partial charge in [-0.15, -0.1) is 0 Å². The third-order valence-electron chi connectivity index (χ3n) is 3.25. The van der Waals surface area contributed by atoms with Gasteiger partial charge in [0.15, 0.2) is 0 Å². The van der Waals surface area contributed by atoms with Gasteiger partial charge in [0, 0.05) is 30.5 Å². The van der Waals surface area contributed by atoms with Gasteiger partial charge in [0.25, 0.3) is 0 Å². The molecule has 0 saturated heterocycles. The summed E-state index contributed by atoms with van der Waals surface area (Å²) >= 11 is 10.5. The minimum atomic E-state index is 0. The summed E-state index contributed by atoms with van der Waals surface area (Å²) in [4.78, 5) is 2.23. The van der Waals surface area contributed by atoms with Crippen LogP contribution in [0.2, 0.25) is 0 Å². The van der Waals surface area contributed by atoms with Gasteiger partial charge >= 0.3 is 27.3 Å². The van der Waals surface area contributed by atoms with E-state index in [2.05, 4.69) is 125 Å². The Labute approximate surface area is 181 Å². The molecule has 2 radical (unpaired) electrons. The third kappa shape index (κ3) is 4.90. The van der Waals surface area contributed by atoms with E-state index in [1.807, 2.05) is 0 Å². The van der Waals surface area contributed by atoms with Crippen LogP contribution in [0.1, 0.15) is 0 Å². The summed E-state index contributed by atoms with van der Waals surface area (Å²) in [5.41, 5.74) is 3.36. The van der Waals surface area contributed by atoms with Crippen molar-refractivity contribution in [2.24, 2.45) is 0 Å². The summed E-state index contributed by atoms with van der Waals surface area (Å²) in [7, 11) is 0. The zero-order valence-electron chi connectivity index (χ0n) is 12.2. The first kappa shape index (κ1) is 19.2. The Morgan fingerprint density at radius 2 is 0.652 bits per heavy atom. The van der Waals surface area contributed by atoms with Crippen LogP contribution in [-0.2, 0) is 0 Å². The van der Waals surface area contributed by atoms with Crippen molar-refractivity contribution in [2.75, 3.05) is 4.90 Å². The zero-order valence-corrected chi connectivity index (χ0v) is 22.5. The van der Waals surface area contributed by atoms with Crippen LogP contribution in [0.3, 0.4) is 0 Å². The molecule has 0 heterocycles. The number of nitrogens with zero attached hydrogens (tertiary/aromatic N) is 1. The molecule has 3 aromatic rings. The topological polar surface area (TPSA) is 3.24 Å². The van der Waals surface area contributed by atoms with E-state index in [4.69, 9.17) is 0 Å². The molecule has 0 aliphatic carbocycles. The van der Waals surface area contributed by atoms with Crippen LogP contribution in [0.15, 0.2) is 86.2 Å². The fourth-order valence-electron chi connectivity index (χ4n) is 2.22. The Hall–Kier alpha value is -0.178. The first-order valence-electron chi connectivity index (χ1n) is 6.70. The van der Waals surface area contributed by atoms with Gasteiger partial charge in [-0.1, -0.05) is 47.8 Å². The Bertz CT molecular complexity index is 648. The number of hydrogen-bond donors (Lipinski definition) is 0. The van der Waals surface area contributed by atoms with Crippen molar-refractivity contribution in [1.82, 2.24) is 0 Å². The second-order valence-corrected chi connectivity index (χ2v) is 7.51. The van der Waals surface area contributed by atoms with Crippen molar-refractivity contribution in [2.45, 2.75) is 0 Å². The normalized spacial score (nSPS) is 10.0. The van der Waals surface area contributed by atoms with E-state index >= 15 is 0 Å². The molecule has 0 aromatic heterocycles. The molecular formula is C18H14Br3NPb. The van der Waals surface area contributed by atoms with Crippen molar-refractivity contribution < 1.29 is 0 Å². The third-order valence-corrected chi connectivity index (χ3v) is 4.84. The van der Waals surface area contributed by atoms with Crippen LogP contribution >= 0.6 is 47.8 Å². The molecule has 23 heavy (non-hydrogen) atoms. The fraction of sp³-hybridized carbons (Fsp3) is 0. The second kappa shape index (κ2) is 8.78. The van der Waals surface area contributed by atoms with Gasteiger partial charge in [0.05, 0.1) is 0 Å². The molecule has 1 nitrogen and oxygen atoms in total. The summed E-state index contributed by atoms with van der Waals surface area (Å²) in [6.07, 6.45) is 0. The number of benzene rings is 3. The van der Waals surface area contributed by atoms with E-state index in [0.29, 0.717) is 0 Å². The molecule has 0 aliphatic rings. The number of hydrogen-bond acceptors (Lipinski definition) is 1. The molecule has 0 bridgehead atoms. The van der Waals surface area contributed by atoms with E-state index < -0.39 is 0 Å². The van der Waals surface area contributed by atoms with Gasteiger partial charge in [-0.3, -0.25) is 0 Å². The Morgan fingerprint density at radius 1 is 0.435 bits per heavy atom. The molecule has 0 fully saturated rings. The first-order valence-corrected chi connectivity index (χ1v) is 9.08. The molecular weight excluding hydrogens is 677 g/mol. The molecule has 3 rings (SSSR count). The van der Waals surface area contributed by atoms with E-state index in [1.54, 1.807) is 0 Å². The molecule has 0 N–H and O–H groups in total. The number of rotatable bonds is 3. The summed E-state index contributed by atoms with van der Waals surface area (Å²) in [5.74, 6) is 0. The van der Waals surface area contributed by atoms with Crippen LogP contribution in [0, 0.1) is 0 Å². The van der Waals surface area contributed by atoms with Crippen molar-refractivity contribution in [3.8, 4) is 0 Å². The summed E-state index contributed by atoms with van der Waals surface area (Å²) in [6, 6.07) is 25.0. The zero-order chi connectivity index (χ0) is 15.5. The standard InChI is InChI=1S/C18H12Br3N.Pb.2H/c19-13-1-7-16(8-2-13)22(17-9-3-14(20)4-10-17)18-11-5-15(21)6-12-18;;;/h1-12H;;;. The van der Waals surface area contributed by atoms with Crippen LogP contribution < -0.4 is 4.90 Å². The molecule has 0 aliphatic heterocycles. The second-order valence-electron chi connectivity index (χ2n) is 4.76. The molecule has 116 valence electrons.